The van der Waals surface area contributed by atoms with Crippen molar-refractivity contribution in [3.05, 3.63) is 46.5 Å². The normalized spacial score (nSPS) is 13.0. The molecule has 0 aliphatic carbocycles. The van der Waals surface area contributed by atoms with Crippen molar-refractivity contribution in [2.75, 3.05) is 6.54 Å². The van der Waals surface area contributed by atoms with Gasteiger partial charge in [0, 0.05) is 11.9 Å². The van der Waals surface area contributed by atoms with E-state index in [0.717, 1.165) is 23.7 Å². The predicted molar refractivity (Wildman–Crippen MR) is 68.6 cm³/mol. The number of nitrogens with zero attached hydrogens (tertiary/aromatic N) is 2. The number of amides is 1. The first kappa shape index (κ1) is 15.4. The van der Waals surface area contributed by atoms with E-state index in [-0.39, 0.29) is 17.8 Å². The van der Waals surface area contributed by atoms with Crippen molar-refractivity contribution in [1.29, 1.82) is 0 Å². The van der Waals surface area contributed by atoms with Crippen LogP contribution < -0.4 is 5.32 Å². The molecule has 2 N–H and O–H groups in total. The van der Waals surface area contributed by atoms with E-state index >= 15 is 0 Å². The van der Waals surface area contributed by atoms with Gasteiger partial charge in [-0.05, 0) is 29.2 Å². The minimum absolute atomic E-state index is 0.0709. The molecule has 1 aromatic heterocycles. The fraction of sp³-hybridized carbons (Fsp3) is 0.250. The predicted octanol–water partition coefficient (Wildman–Crippen LogP) is 2.02. The lowest BCUT2D eigenvalue weighted by Crippen LogP contribution is -2.28. The molecule has 112 valence electrons. The highest BCUT2D eigenvalue weighted by molar-refractivity contribution is 7.03. The average molecular weight is 317 g/mol. The number of alkyl halides is 3. The summed E-state index contributed by atoms with van der Waals surface area (Å²) >= 11 is 0.994. The van der Waals surface area contributed by atoms with Crippen molar-refractivity contribution >= 4 is 17.4 Å². The van der Waals surface area contributed by atoms with Crippen LogP contribution in [0.4, 0.5) is 13.2 Å². The van der Waals surface area contributed by atoms with Crippen LogP contribution in [0.3, 0.4) is 0 Å². The van der Waals surface area contributed by atoms with Gasteiger partial charge in [0.25, 0.3) is 5.91 Å². The summed E-state index contributed by atoms with van der Waals surface area (Å²) in [5.74, 6) is -0.547. The van der Waals surface area contributed by atoms with Gasteiger partial charge in [-0.15, -0.1) is 5.10 Å². The zero-order valence-corrected chi connectivity index (χ0v) is 11.3. The van der Waals surface area contributed by atoms with Crippen molar-refractivity contribution in [2.24, 2.45) is 0 Å². The minimum atomic E-state index is -4.48. The van der Waals surface area contributed by atoms with Crippen LogP contribution in [-0.4, -0.2) is 27.1 Å². The minimum Gasteiger partial charge on any atom is -0.387 e. The van der Waals surface area contributed by atoms with Gasteiger partial charge in [0.15, 0.2) is 5.69 Å². The van der Waals surface area contributed by atoms with Crippen molar-refractivity contribution in [1.82, 2.24) is 14.9 Å². The number of aliphatic hydroxyl groups is 1. The molecular formula is C12H10F3N3O2S. The van der Waals surface area contributed by atoms with Crippen LogP contribution >= 0.6 is 11.5 Å². The summed E-state index contributed by atoms with van der Waals surface area (Å²) in [5, 5.41) is 17.2. The highest BCUT2D eigenvalue weighted by Crippen LogP contribution is 2.30. The third kappa shape index (κ3) is 3.99. The lowest BCUT2D eigenvalue weighted by atomic mass is 10.1. The van der Waals surface area contributed by atoms with Crippen molar-refractivity contribution in [2.45, 2.75) is 12.3 Å². The Morgan fingerprint density at radius 2 is 2.19 bits per heavy atom. The second-order valence-electron chi connectivity index (χ2n) is 4.14. The quantitative estimate of drug-likeness (QED) is 0.905. The van der Waals surface area contributed by atoms with E-state index < -0.39 is 23.8 Å². The third-order valence-corrected chi connectivity index (χ3v) is 3.15. The molecule has 0 unspecified atom stereocenters. The summed E-state index contributed by atoms with van der Waals surface area (Å²) in [5.41, 5.74) is -0.688. The van der Waals surface area contributed by atoms with Gasteiger partial charge in [-0.2, -0.15) is 13.2 Å². The maximum Gasteiger partial charge on any atom is 0.416 e. The highest BCUT2D eigenvalue weighted by atomic mass is 32.1. The van der Waals surface area contributed by atoms with Crippen LogP contribution in [0.25, 0.3) is 0 Å². The molecule has 0 radical (unpaired) electrons. The van der Waals surface area contributed by atoms with Gasteiger partial charge in [0.05, 0.1) is 11.7 Å². The first-order valence-corrected chi connectivity index (χ1v) is 6.62. The Hall–Kier alpha value is -2.00. The number of hydrogen-bond donors (Lipinski definition) is 2. The number of rotatable bonds is 4. The SMILES string of the molecule is O=C(NC[C@@H](O)c1cccc(C(F)(F)F)c1)c1csnn1. The Labute approximate surface area is 121 Å². The van der Waals surface area contributed by atoms with Crippen LogP contribution in [-0.2, 0) is 6.18 Å². The summed E-state index contributed by atoms with van der Waals surface area (Å²) < 4.78 is 41.2. The number of aromatic nitrogens is 2. The third-order valence-electron chi connectivity index (χ3n) is 2.65. The van der Waals surface area contributed by atoms with Gasteiger partial charge in [-0.1, -0.05) is 16.6 Å². The van der Waals surface area contributed by atoms with Gasteiger partial charge in [-0.3, -0.25) is 4.79 Å². The topological polar surface area (TPSA) is 75.1 Å². The highest BCUT2D eigenvalue weighted by Gasteiger charge is 2.30. The molecule has 1 atom stereocenters. The number of benzene rings is 1. The molecule has 0 fully saturated rings. The van der Waals surface area contributed by atoms with Crippen LogP contribution in [0.1, 0.15) is 27.7 Å². The summed E-state index contributed by atoms with van der Waals surface area (Å²) in [6.45, 7) is -0.225. The molecule has 2 rings (SSSR count). The molecule has 1 amide bonds. The van der Waals surface area contributed by atoms with Gasteiger partial charge < -0.3 is 10.4 Å². The number of aliphatic hydroxyl groups excluding tert-OH is 1. The molecule has 1 aromatic carbocycles. The van der Waals surface area contributed by atoms with Crippen LogP contribution in [0.15, 0.2) is 29.6 Å². The zero-order valence-electron chi connectivity index (χ0n) is 10.5. The number of hydrogen-bond acceptors (Lipinski definition) is 5. The second kappa shape index (κ2) is 6.19. The van der Waals surface area contributed by atoms with E-state index in [2.05, 4.69) is 14.9 Å². The molecular weight excluding hydrogens is 307 g/mol. The summed E-state index contributed by atoms with van der Waals surface area (Å²) in [6.07, 6.45) is -5.73. The number of nitrogens with one attached hydrogen (secondary N) is 1. The molecule has 0 bridgehead atoms. The molecule has 5 nitrogen and oxygen atoms in total. The van der Waals surface area contributed by atoms with E-state index in [0.29, 0.717) is 0 Å². The van der Waals surface area contributed by atoms with E-state index in [1.165, 1.54) is 17.5 Å². The van der Waals surface area contributed by atoms with E-state index in [4.69, 9.17) is 0 Å². The van der Waals surface area contributed by atoms with Crippen LogP contribution in [0, 0.1) is 0 Å². The van der Waals surface area contributed by atoms with Crippen LogP contribution in [0.2, 0.25) is 0 Å². The molecule has 0 spiro atoms. The Bertz CT molecular complexity index is 616. The van der Waals surface area contributed by atoms with Gasteiger partial charge in [0.2, 0.25) is 0 Å². The number of carbonyl (C=O) groups excluding carboxylic acids is 1. The molecule has 0 aliphatic rings. The van der Waals surface area contributed by atoms with Gasteiger partial charge in [-0.25, -0.2) is 0 Å². The van der Waals surface area contributed by atoms with Gasteiger partial charge in [0.1, 0.15) is 0 Å². The second-order valence-corrected chi connectivity index (χ2v) is 4.75. The Morgan fingerprint density at radius 3 is 2.81 bits per heavy atom. The summed E-state index contributed by atoms with van der Waals surface area (Å²) in [7, 11) is 0. The maximum absolute atomic E-state index is 12.6. The molecule has 0 saturated carbocycles. The summed E-state index contributed by atoms with van der Waals surface area (Å²) in [6, 6.07) is 4.32. The lowest BCUT2D eigenvalue weighted by molar-refractivity contribution is -0.137. The molecule has 1 heterocycles. The fourth-order valence-corrected chi connectivity index (χ4v) is 2.02. The first-order valence-electron chi connectivity index (χ1n) is 5.78. The Balaban J connectivity index is 2.00. The summed E-state index contributed by atoms with van der Waals surface area (Å²) in [4.78, 5) is 11.6. The monoisotopic (exact) mass is 317 g/mol. The zero-order chi connectivity index (χ0) is 15.5. The molecule has 2 aromatic rings. The molecule has 21 heavy (non-hydrogen) atoms. The van der Waals surface area contributed by atoms with E-state index in [1.54, 1.807) is 0 Å². The molecule has 0 saturated heterocycles. The van der Waals surface area contributed by atoms with Crippen LogP contribution in [0.5, 0.6) is 0 Å². The number of halogens is 3. The van der Waals surface area contributed by atoms with E-state index in [9.17, 15) is 23.1 Å². The fourth-order valence-electron chi connectivity index (χ4n) is 1.58. The first-order chi connectivity index (χ1) is 9.88. The van der Waals surface area contributed by atoms with Crippen molar-refractivity contribution < 1.29 is 23.1 Å². The Morgan fingerprint density at radius 1 is 1.43 bits per heavy atom. The van der Waals surface area contributed by atoms with E-state index in [1.807, 2.05) is 0 Å². The molecule has 9 heteroatoms. The largest absolute Gasteiger partial charge is 0.416 e. The van der Waals surface area contributed by atoms with Gasteiger partial charge >= 0.3 is 6.18 Å². The van der Waals surface area contributed by atoms with Crippen molar-refractivity contribution in [3.8, 4) is 0 Å². The Kier molecular flexibility index (Phi) is 4.53. The number of carbonyl (C=O) groups is 1. The average Bonchev–Trinajstić information content (AvgIpc) is 2.98. The smallest absolute Gasteiger partial charge is 0.387 e. The maximum atomic E-state index is 12.6. The molecule has 0 aliphatic heterocycles. The standard InChI is InChI=1S/C12H10F3N3O2S/c13-12(14,15)8-3-1-2-7(4-8)10(19)5-16-11(20)9-6-21-18-17-9/h1-4,6,10,19H,5H2,(H,16,20)/t10-/m1/s1. The lowest BCUT2D eigenvalue weighted by Gasteiger charge is -2.14. The van der Waals surface area contributed by atoms with Crippen molar-refractivity contribution in [3.63, 3.8) is 0 Å².